The Morgan fingerprint density at radius 1 is 1.12 bits per heavy atom. The second kappa shape index (κ2) is 8.56. The number of benzene rings is 2. The number of Topliss-reactive ketones (excluding diaryl/α,β-unsaturated/α-hetero) is 1. The summed E-state index contributed by atoms with van der Waals surface area (Å²) in [6, 6.07) is 18.7. The maximum atomic E-state index is 12.5. The molecule has 0 radical (unpaired) electrons. The van der Waals surface area contributed by atoms with E-state index in [1.54, 1.807) is 0 Å². The van der Waals surface area contributed by atoms with Crippen LogP contribution in [0.4, 0.5) is 0 Å². The topological polar surface area (TPSA) is 32.3 Å². The molecule has 0 spiro atoms. The summed E-state index contributed by atoms with van der Waals surface area (Å²) in [5, 5.41) is 3.48. The number of carbonyl (C=O) groups excluding carboxylic acids is 1. The van der Waals surface area contributed by atoms with Gasteiger partial charge >= 0.3 is 0 Å². The molecule has 1 aliphatic rings. The molecule has 1 N–H and O–H groups in total. The van der Waals surface area contributed by atoms with E-state index in [0.29, 0.717) is 12.5 Å². The SMILES string of the molecule is O=C(CCN1CCNCC1Cc1ccccc1)c1ccccc1Br. The molecule has 4 heteroatoms. The molecule has 1 atom stereocenters. The molecule has 1 fully saturated rings. The summed E-state index contributed by atoms with van der Waals surface area (Å²) >= 11 is 3.47. The van der Waals surface area contributed by atoms with Crippen molar-refractivity contribution in [1.82, 2.24) is 10.2 Å². The lowest BCUT2D eigenvalue weighted by Crippen LogP contribution is -2.52. The van der Waals surface area contributed by atoms with Crippen molar-refractivity contribution in [3.63, 3.8) is 0 Å². The molecule has 3 nitrogen and oxygen atoms in total. The highest BCUT2D eigenvalue weighted by molar-refractivity contribution is 9.10. The number of halogens is 1. The molecular formula is C20H23BrN2O. The average molecular weight is 387 g/mol. The quantitative estimate of drug-likeness (QED) is 0.770. The van der Waals surface area contributed by atoms with Gasteiger partial charge in [0.2, 0.25) is 0 Å². The summed E-state index contributed by atoms with van der Waals surface area (Å²) in [4.78, 5) is 15.0. The van der Waals surface area contributed by atoms with Crippen molar-refractivity contribution in [3.8, 4) is 0 Å². The second-order valence-corrected chi connectivity index (χ2v) is 7.09. The van der Waals surface area contributed by atoms with Crippen molar-refractivity contribution >= 4 is 21.7 Å². The molecule has 2 aromatic rings. The van der Waals surface area contributed by atoms with Crippen LogP contribution in [0.3, 0.4) is 0 Å². The van der Waals surface area contributed by atoms with Gasteiger partial charge in [-0.25, -0.2) is 0 Å². The lowest BCUT2D eigenvalue weighted by Gasteiger charge is -2.36. The number of ketones is 1. The molecule has 0 bridgehead atoms. The first kappa shape index (κ1) is 17.3. The largest absolute Gasteiger partial charge is 0.314 e. The molecule has 3 rings (SSSR count). The molecule has 0 aliphatic carbocycles. The van der Waals surface area contributed by atoms with Crippen LogP contribution in [0.25, 0.3) is 0 Å². The molecule has 126 valence electrons. The number of nitrogens with one attached hydrogen (secondary N) is 1. The number of hydrogen-bond donors (Lipinski definition) is 1. The van der Waals surface area contributed by atoms with Crippen molar-refractivity contribution < 1.29 is 4.79 Å². The normalized spacial score (nSPS) is 18.5. The van der Waals surface area contributed by atoms with Crippen LogP contribution in [0.15, 0.2) is 59.1 Å². The second-order valence-electron chi connectivity index (χ2n) is 6.24. The Labute approximate surface area is 152 Å². The molecule has 24 heavy (non-hydrogen) atoms. The van der Waals surface area contributed by atoms with Crippen LogP contribution in [-0.2, 0) is 6.42 Å². The van der Waals surface area contributed by atoms with Gasteiger partial charge < -0.3 is 5.32 Å². The molecule has 0 saturated carbocycles. The van der Waals surface area contributed by atoms with Crippen molar-refractivity contribution in [2.45, 2.75) is 18.9 Å². The maximum absolute atomic E-state index is 12.5. The summed E-state index contributed by atoms with van der Waals surface area (Å²) in [6.07, 6.45) is 1.59. The Morgan fingerprint density at radius 3 is 2.67 bits per heavy atom. The van der Waals surface area contributed by atoms with E-state index in [1.807, 2.05) is 24.3 Å². The standard InChI is InChI=1S/C20H23BrN2O/c21-19-9-5-4-8-18(19)20(24)10-12-23-13-11-22-15-17(23)14-16-6-2-1-3-7-16/h1-9,17,22H,10-15H2. The average Bonchev–Trinajstić information content (AvgIpc) is 2.62. The van der Waals surface area contributed by atoms with E-state index in [4.69, 9.17) is 0 Å². The first-order valence-corrected chi connectivity index (χ1v) is 9.30. The first-order valence-electron chi connectivity index (χ1n) is 8.50. The zero-order valence-corrected chi connectivity index (χ0v) is 15.3. The minimum absolute atomic E-state index is 0.208. The summed E-state index contributed by atoms with van der Waals surface area (Å²) in [5.74, 6) is 0.208. The predicted molar refractivity (Wildman–Crippen MR) is 101 cm³/mol. The number of nitrogens with zero attached hydrogens (tertiary/aromatic N) is 1. The molecule has 1 saturated heterocycles. The van der Waals surface area contributed by atoms with Crippen LogP contribution in [0.1, 0.15) is 22.3 Å². The van der Waals surface area contributed by atoms with Gasteiger partial charge in [0, 0.05) is 48.7 Å². The molecule has 2 aromatic carbocycles. The van der Waals surface area contributed by atoms with E-state index in [9.17, 15) is 4.79 Å². The zero-order chi connectivity index (χ0) is 16.8. The molecule has 1 aliphatic heterocycles. The van der Waals surface area contributed by atoms with Gasteiger partial charge in [0.05, 0.1) is 0 Å². The number of hydrogen-bond acceptors (Lipinski definition) is 3. The third-order valence-corrected chi connectivity index (χ3v) is 5.28. The van der Waals surface area contributed by atoms with Gasteiger partial charge in [-0.3, -0.25) is 9.69 Å². The van der Waals surface area contributed by atoms with E-state index in [0.717, 1.165) is 42.6 Å². The van der Waals surface area contributed by atoms with Gasteiger partial charge in [-0.2, -0.15) is 0 Å². The highest BCUT2D eigenvalue weighted by Crippen LogP contribution is 2.18. The number of piperazine rings is 1. The minimum atomic E-state index is 0.208. The Hall–Kier alpha value is -1.49. The molecule has 1 heterocycles. The van der Waals surface area contributed by atoms with Crippen LogP contribution in [0.2, 0.25) is 0 Å². The van der Waals surface area contributed by atoms with Crippen molar-refractivity contribution in [1.29, 1.82) is 0 Å². The lowest BCUT2D eigenvalue weighted by atomic mass is 10.0. The van der Waals surface area contributed by atoms with Gasteiger partial charge in [0.15, 0.2) is 5.78 Å². The van der Waals surface area contributed by atoms with Crippen LogP contribution < -0.4 is 5.32 Å². The fourth-order valence-corrected chi connectivity index (χ4v) is 3.76. The smallest absolute Gasteiger partial charge is 0.165 e. The Balaban J connectivity index is 1.60. The van der Waals surface area contributed by atoms with Crippen molar-refractivity contribution in [2.24, 2.45) is 0 Å². The molecule has 0 aromatic heterocycles. The first-order chi connectivity index (χ1) is 11.7. The maximum Gasteiger partial charge on any atom is 0.165 e. The molecule has 0 amide bonds. The lowest BCUT2D eigenvalue weighted by molar-refractivity contribution is 0.0934. The fraction of sp³-hybridized carbons (Fsp3) is 0.350. The van der Waals surface area contributed by atoms with E-state index in [-0.39, 0.29) is 5.78 Å². The molecule has 1 unspecified atom stereocenters. The number of carbonyl (C=O) groups is 1. The van der Waals surface area contributed by atoms with Crippen LogP contribution in [0, 0.1) is 0 Å². The summed E-state index contributed by atoms with van der Waals surface area (Å²) in [5.41, 5.74) is 2.14. The van der Waals surface area contributed by atoms with Gasteiger partial charge in [0.1, 0.15) is 0 Å². The Kier molecular flexibility index (Phi) is 6.18. The Bertz CT molecular complexity index is 674. The van der Waals surface area contributed by atoms with Crippen molar-refractivity contribution in [2.75, 3.05) is 26.2 Å². The van der Waals surface area contributed by atoms with E-state index in [2.05, 4.69) is 56.5 Å². The highest BCUT2D eigenvalue weighted by atomic mass is 79.9. The summed E-state index contributed by atoms with van der Waals surface area (Å²) in [6.45, 7) is 3.80. The minimum Gasteiger partial charge on any atom is -0.314 e. The third-order valence-electron chi connectivity index (χ3n) is 4.59. The Morgan fingerprint density at radius 2 is 1.88 bits per heavy atom. The van der Waals surface area contributed by atoms with Crippen molar-refractivity contribution in [3.05, 3.63) is 70.2 Å². The third kappa shape index (κ3) is 4.53. The van der Waals surface area contributed by atoms with Gasteiger partial charge in [-0.05, 0) is 18.1 Å². The summed E-state index contributed by atoms with van der Waals surface area (Å²) < 4.78 is 0.885. The van der Waals surface area contributed by atoms with Crippen LogP contribution in [0.5, 0.6) is 0 Å². The monoisotopic (exact) mass is 386 g/mol. The highest BCUT2D eigenvalue weighted by Gasteiger charge is 2.23. The zero-order valence-electron chi connectivity index (χ0n) is 13.7. The fourth-order valence-electron chi connectivity index (χ4n) is 3.25. The van der Waals surface area contributed by atoms with Crippen LogP contribution >= 0.6 is 15.9 Å². The van der Waals surface area contributed by atoms with Gasteiger partial charge in [-0.15, -0.1) is 0 Å². The van der Waals surface area contributed by atoms with E-state index in [1.165, 1.54) is 5.56 Å². The van der Waals surface area contributed by atoms with E-state index >= 15 is 0 Å². The molecular weight excluding hydrogens is 364 g/mol. The van der Waals surface area contributed by atoms with Gasteiger partial charge in [0.25, 0.3) is 0 Å². The summed E-state index contributed by atoms with van der Waals surface area (Å²) in [7, 11) is 0. The predicted octanol–water partition coefficient (Wildman–Crippen LogP) is 3.54. The van der Waals surface area contributed by atoms with Crippen LogP contribution in [-0.4, -0.2) is 42.9 Å². The van der Waals surface area contributed by atoms with E-state index < -0.39 is 0 Å². The number of rotatable bonds is 6. The van der Waals surface area contributed by atoms with Gasteiger partial charge in [-0.1, -0.05) is 64.5 Å².